The minimum absolute atomic E-state index is 0.360. The molecule has 0 spiro atoms. The lowest BCUT2D eigenvalue weighted by molar-refractivity contribution is 0.174. The molecule has 0 atom stereocenters. The lowest BCUT2D eigenvalue weighted by atomic mass is 10.3. The highest BCUT2D eigenvalue weighted by Crippen LogP contribution is 2.30. The minimum Gasteiger partial charge on any atom is -0.454 e. The van der Waals surface area contributed by atoms with Gasteiger partial charge in [0.2, 0.25) is 6.79 Å². The van der Waals surface area contributed by atoms with Crippen LogP contribution in [0.15, 0.2) is 35.8 Å². The van der Waals surface area contributed by atoms with Crippen molar-refractivity contribution in [1.29, 1.82) is 0 Å². The van der Waals surface area contributed by atoms with Gasteiger partial charge in [-0.2, -0.15) is 0 Å². The first-order valence-corrected chi connectivity index (χ1v) is 4.95. The minimum atomic E-state index is 0.360. The van der Waals surface area contributed by atoms with E-state index >= 15 is 0 Å². The summed E-state index contributed by atoms with van der Waals surface area (Å²) in [6.45, 7) is 0.360. The van der Waals surface area contributed by atoms with E-state index < -0.39 is 0 Å². The van der Waals surface area contributed by atoms with Crippen LogP contribution in [0, 0.1) is 5.51 Å². The third kappa shape index (κ3) is 2.23. The molecule has 0 amide bonds. The summed E-state index contributed by atoms with van der Waals surface area (Å²) >= 11 is 1.48. The van der Waals surface area contributed by atoms with Crippen LogP contribution in [0.5, 0.6) is 11.5 Å². The van der Waals surface area contributed by atoms with E-state index in [2.05, 4.69) is 10.5 Å². The predicted octanol–water partition coefficient (Wildman–Crippen LogP) is 2.36. The van der Waals surface area contributed by atoms with Crippen molar-refractivity contribution in [2.75, 3.05) is 6.79 Å². The van der Waals surface area contributed by atoms with E-state index in [0.29, 0.717) is 6.79 Å². The van der Waals surface area contributed by atoms with Crippen LogP contribution in [-0.4, -0.2) is 11.8 Å². The summed E-state index contributed by atoms with van der Waals surface area (Å²) in [7, 11) is 0. The van der Waals surface area contributed by atoms with Crippen molar-refractivity contribution in [3.8, 4) is 11.5 Å². The molecular formula is C10H8NO2S. The highest BCUT2D eigenvalue weighted by atomic mass is 32.1. The van der Waals surface area contributed by atoms with Crippen molar-refractivity contribution in [3.05, 3.63) is 41.4 Å². The average molecular weight is 206 g/mol. The number of aromatic nitrogens is 1. The molecule has 1 aromatic carbocycles. The fraction of sp³-hybridized carbons (Fsp3) is 0.100. The Bertz CT molecular complexity index is 335. The predicted molar refractivity (Wildman–Crippen MR) is 53.5 cm³/mol. The molecule has 1 radical (unpaired) electrons. The molecule has 0 bridgehead atoms. The summed E-state index contributed by atoms with van der Waals surface area (Å²) in [6.07, 6.45) is 1.71. The van der Waals surface area contributed by atoms with E-state index in [0.717, 1.165) is 11.5 Å². The molecule has 0 saturated carbocycles. The van der Waals surface area contributed by atoms with Crippen molar-refractivity contribution >= 4 is 11.3 Å². The first kappa shape index (κ1) is 9.02. The van der Waals surface area contributed by atoms with Crippen molar-refractivity contribution < 1.29 is 9.47 Å². The molecule has 71 valence electrons. The maximum absolute atomic E-state index is 5.08. The van der Waals surface area contributed by atoms with Gasteiger partial charge in [0.25, 0.3) is 0 Å². The fourth-order valence-corrected chi connectivity index (χ4v) is 1.30. The molecule has 2 aromatic rings. The zero-order valence-electron chi connectivity index (χ0n) is 7.34. The molecule has 14 heavy (non-hydrogen) atoms. The maximum atomic E-state index is 5.08. The van der Waals surface area contributed by atoms with Gasteiger partial charge >= 0.3 is 0 Å². The largest absolute Gasteiger partial charge is 0.454 e. The van der Waals surface area contributed by atoms with E-state index in [1.165, 1.54) is 11.3 Å². The van der Waals surface area contributed by atoms with Crippen LogP contribution in [0.4, 0.5) is 0 Å². The number of nitrogens with zero attached hydrogens (tertiary/aromatic N) is 1. The number of fused-ring (bicyclic) bond motifs is 1. The smallest absolute Gasteiger partial charge is 0.231 e. The van der Waals surface area contributed by atoms with Crippen molar-refractivity contribution in [2.24, 2.45) is 0 Å². The molecule has 3 nitrogen and oxygen atoms in total. The molecule has 2 heterocycles. The Labute approximate surface area is 85.9 Å². The van der Waals surface area contributed by atoms with Crippen molar-refractivity contribution in [1.82, 2.24) is 4.98 Å². The third-order valence-corrected chi connectivity index (χ3v) is 2.06. The summed E-state index contributed by atoms with van der Waals surface area (Å²) in [6, 6.07) is 7.63. The molecule has 4 heteroatoms. The number of thiazole rings is 1. The quantitative estimate of drug-likeness (QED) is 0.663. The Morgan fingerprint density at radius 1 is 1.21 bits per heavy atom. The van der Waals surface area contributed by atoms with Crippen LogP contribution in [-0.2, 0) is 0 Å². The molecule has 0 fully saturated rings. The van der Waals surface area contributed by atoms with Gasteiger partial charge in [0.05, 0.1) is 0 Å². The van der Waals surface area contributed by atoms with E-state index in [1.54, 1.807) is 6.20 Å². The second-order valence-corrected chi connectivity index (χ2v) is 3.17. The Morgan fingerprint density at radius 3 is 2.36 bits per heavy atom. The van der Waals surface area contributed by atoms with Gasteiger partial charge in [-0.05, 0) is 12.1 Å². The molecule has 1 aromatic heterocycles. The SMILES string of the molecule is [c]1nccs1.c1ccc2c(c1)OCO2. The van der Waals surface area contributed by atoms with Gasteiger partial charge in [-0.25, -0.2) is 4.98 Å². The van der Waals surface area contributed by atoms with Crippen LogP contribution < -0.4 is 9.47 Å². The first-order valence-electron chi connectivity index (χ1n) is 4.07. The monoisotopic (exact) mass is 206 g/mol. The zero-order valence-corrected chi connectivity index (χ0v) is 8.16. The molecule has 0 N–H and O–H groups in total. The van der Waals surface area contributed by atoms with E-state index in [-0.39, 0.29) is 0 Å². The average Bonchev–Trinajstić information content (AvgIpc) is 2.92. The standard InChI is InChI=1S/C7H6O2.C3H2NS/c1-2-4-7-6(3-1)8-5-9-7;1-2-5-3-4-1/h1-4H,5H2;1-2H. The number of hydrogen-bond donors (Lipinski definition) is 0. The molecule has 1 aliphatic rings. The van der Waals surface area contributed by atoms with Crippen LogP contribution in [0.3, 0.4) is 0 Å². The van der Waals surface area contributed by atoms with Gasteiger partial charge in [-0.15, -0.1) is 11.3 Å². The molecular weight excluding hydrogens is 198 g/mol. The first-order chi connectivity index (χ1) is 6.97. The third-order valence-electron chi connectivity index (χ3n) is 1.59. The second kappa shape index (κ2) is 4.62. The molecule has 0 unspecified atom stereocenters. The van der Waals surface area contributed by atoms with Crippen molar-refractivity contribution in [2.45, 2.75) is 0 Å². The van der Waals surface area contributed by atoms with Crippen LogP contribution in [0.2, 0.25) is 0 Å². The van der Waals surface area contributed by atoms with Gasteiger partial charge in [-0.3, -0.25) is 0 Å². The van der Waals surface area contributed by atoms with Gasteiger partial charge in [0, 0.05) is 11.6 Å². The van der Waals surface area contributed by atoms with Crippen LogP contribution in [0.25, 0.3) is 0 Å². The number of hydrogen-bond acceptors (Lipinski definition) is 4. The van der Waals surface area contributed by atoms with Crippen LogP contribution in [0.1, 0.15) is 0 Å². The summed E-state index contributed by atoms with van der Waals surface area (Å²) in [5, 5.41) is 1.88. The lowest BCUT2D eigenvalue weighted by Crippen LogP contribution is -1.92. The highest BCUT2D eigenvalue weighted by molar-refractivity contribution is 7.06. The number of para-hydroxylation sites is 2. The number of ether oxygens (including phenoxy) is 2. The summed E-state index contributed by atoms with van der Waals surface area (Å²) in [5.74, 6) is 1.69. The summed E-state index contributed by atoms with van der Waals surface area (Å²) in [4.78, 5) is 3.62. The molecule has 0 aliphatic carbocycles. The van der Waals surface area contributed by atoms with Crippen LogP contribution >= 0.6 is 11.3 Å². The summed E-state index contributed by atoms with van der Waals surface area (Å²) < 4.78 is 10.2. The van der Waals surface area contributed by atoms with Gasteiger partial charge in [0.15, 0.2) is 17.0 Å². The maximum Gasteiger partial charge on any atom is 0.231 e. The summed E-state index contributed by atoms with van der Waals surface area (Å²) in [5.41, 5.74) is 2.65. The molecule has 1 aliphatic heterocycles. The Morgan fingerprint density at radius 2 is 1.93 bits per heavy atom. The second-order valence-electron chi connectivity index (χ2n) is 2.48. The molecule has 3 rings (SSSR count). The van der Waals surface area contributed by atoms with Crippen molar-refractivity contribution in [3.63, 3.8) is 0 Å². The lowest BCUT2D eigenvalue weighted by Gasteiger charge is -1.89. The number of rotatable bonds is 0. The van der Waals surface area contributed by atoms with Gasteiger partial charge < -0.3 is 9.47 Å². The fourth-order valence-electron chi connectivity index (χ4n) is 0.997. The van der Waals surface area contributed by atoms with E-state index in [1.807, 2.05) is 29.6 Å². The highest BCUT2D eigenvalue weighted by Gasteiger charge is 2.09. The number of benzene rings is 1. The van der Waals surface area contributed by atoms with E-state index in [9.17, 15) is 0 Å². The Kier molecular flexibility index (Phi) is 2.98. The zero-order chi connectivity index (χ0) is 9.64. The van der Waals surface area contributed by atoms with E-state index in [4.69, 9.17) is 9.47 Å². The molecule has 0 saturated heterocycles. The topological polar surface area (TPSA) is 31.4 Å². The Balaban J connectivity index is 0.000000128. The van der Waals surface area contributed by atoms with Gasteiger partial charge in [0.1, 0.15) is 0 Å². The van der Waals surface area contributed by atoms with Gasteiger partial charge in [-0.1, -0.05) is 12.1 Å². The Hall–Kier alpha value is -1.55. The normalized spacial score (nSPS) is 11.7.